The quantitative estimate of drug-likeness (QED) is 0.859. The summed E-state index contributed by atoms with van der Waals surface area (Å²) in [5.41, 5.74) is 0.486. The topological polar surface area (TPSA) is 48.0 Å². The Kier molecular flexibility index (Phi) is 5.07. The van der Waals surface area contributed by atoms with Gasteiger partial charge >= 0.3 is 0 Å². The first-order valence-electron chi connectivity index (χ1n) is 5.64. The highest BCUT2D eigenvalue weighted by atomic mass is 32.2. The van der Waals surface area contributed by atoms with Crippen molar-refractivity contribution >= 4 is 11.4 Å². The van der Waals surface area contributed by atoms with Crippen molar-refractivity contribution in [1.29, 1.82) is 0 Å². The molecular weight excluding hydrogens is 258 g/mol. The summed E-state index contributed by atoms with van der Waals surface area (Å²) in [5.74, 6) is 0. The first-order valence-corrected chi connectivity index (χ1v) is 6.79. The van der Waals surface area contributed by atoms with Crippen LogP contribution in [0.2, 0.25) is 0 Å². The van der Waals surface area contributed by atoms with Gasteiger partial charge in [-0.05, 0) is 39.8 Å². The standard InChI is InChI=1S/C12H18F2N2OS/c1-8(16-18(17)12(2,3)4)10-6-5-9(7-15-10)11(13)14/h5-8,11,16H,1-4H3/t8-,18+/m1/s1. The van der Waals surface area contributed by atoms with Gasteiger partial charge in [0.05, 0.1) is 11.7 Å². The number of alkyl halides is 2. The molecule has 1 rings (SSSR count). The van der Waals surface area contributed by atoms with E-state index >= 15 is 0 Å². The van der Waals surface area contributed by atoms with Crippen LogP contribution in [0.3, 0.4) is 0 Å². The Hall–Kier alpha value is -0.720. The van der Waals surface area contributed by atoms with Crippen molar-refractivity contribution in [2.45, 2.75) is 44.9 Å². The van der Waals surface area contributed by atoms with E-state index in [1.165, 1.54) is 12.1 Å². The Balaban J connectivity index is 2.70. The molecule has 0 aliphatic carbocycles. The van der Waals surface area contributed by atoms with Gasteiger partial charge in [0.2, 0.25) is 0 Å². The molecule has 0 aliphatic heterocycles. The van der Waals surface area contributed by atoms with E-state index in [9.17, 15) is 13.3 Å². The molecule has 0 fully saturated rings. The molecule has 0 spiro atoms. The Labute approximate surface area is 109 Å². The van der Waals surface area contributed by atoms with Crippen LogP contribution in [0.15, 0.2) is 18.3 Å². The van der Waals surface area contributed by atoms with Crippen molar-refractivity contribution in [3.63, 3.8) is 0 Å². The lowest BCUT2D eigenvalue weighted by molar-refractivity contribution is 0.151. The highest BCUT2D eigenvalue weighted by Gasteiger charge is 2.28. The lowest BCUT2D eigenvalue weighted by Gasteiger charge is -2.26. The normalized spacial score (nSPS) is 15.8. The predicted molar refractivity (Wildman–Crippen MR) is 68.6 cm³/mol. The van der Waals surface area contributed by atoms with Gasteiger partial charge < -0.3 is 4.55 Å². The lowest BCUT2D eigenvalue weighted by Crippen LogP contribution is -2.40. The summed E-state index contributed by atoms with van der Waals surface area (Å²) < 4.78 is 39.1. The average molecular weight is 276 g/mol. The second-order valence-electron chi connectivity index (χ2n) is 5.04. The van der Waals surface area contributed by atoms with E-state index in [0.717, 1.165) is 6.20 Å². The molecule has 3 nitrogen and oxygen atoms in total. The molecule has 0 aromatic carbocycles. The molecule has 1 N–H and O–H groups in total. The summed E-state index contributed by atoms with van der Waals surface area (Å²) in [6.07, 6.45) is -1.36. The highest BCUT2D eigenvalue weighted by molar-refractivity contribution is 7.90. The van der Waals surface area contributed by atoms with Crippen molar-refractivity contribution in [3.8, 4) is 0 Å². The van der Waals surface area contributed by atoms with Crippen LogP contribution < -0.4 is 4.72 Å². The van der Waals surface area contributed by atoms with Gasteiger partial charge in [0.1, 0.15) is 4.75 Å². The number of hydrogen-bond acceptors (Lipinski definition) is 3. The van der Waals surface area contributed by atoms with E-state index in [1.807, 2.05) is 20.8 Å². The molecular formula is C12H18F2N2OS. The number of rotatable bonds is 4. The smallest absolute Gasteiger partial charge is 0.265 e. The Morgan fingerprint density at radius 3 is 2.33 bits per heavy atom. The zero-order valence-corrected chi connectivity index (χ0v) is 11.7. The predicted octanol–water partition coefficient (Wildman–Crippen LogP) is 3.13. The van der Waals surface area contributed by atoms with E-state index in [1.54, 1.807) is 6.92 Å². The Morgan fingerprint density at radius 2 is 1.94 bits per heavy atom. The van der Waals surface area contributed by atoms with Crippen LogP contribution in [0.4, 0.5) is 8.78 Å². The Morgan fingerprint density at radius 1 is 1.33 bits per heavy atom. The van der Waals surface area contributed by atoms with Crippen molar-refractivity contribution < 1.29 is 13.3 Å². The fourth-order valence-corrected chi connectivity index (χ4v) is 2.00. The fourth-order valence-electron chi connectivity index (χ4n) is 1.20. The monoisotopic (exact) mass is 276 g/mol. The summed E-state index contributed by atoms with van der Waals surface area (Å²) >= 11 is -1.22. The first kappa shape index (κ1) is 15.3. The summed E-state index contributed by atoms with van der Waals surface area (Å²) in [6.45, 7) is 7.37. The minimum atomic E-state index is -2.52. The van der Waals surface area contributed by atoms with Crippen LogP contribution in [0.1, 0.15) is 51.4 Å². The zero-order chi connectivity index (χ0) is 13.9. The number of nitrogens with one attached hydrogen (secondary N) is 1. The minimum Gasteiger partial charge on any atom is -0.598 e. The molecule has 0 bridgehead atoms. The zero-order valence-electron chi connectivity index (χ0n) is 10.9. The molecule has 0 unspecified atom stereocenters. The van der Waals surface area contributed by atoms with Crippen LogP contribution >= 0.6 is 0 Å². The molecule has 0 amide bonds. The molecule has 18 heavy (non-hydrogen) atoms. The summed E-state index contributed by atoms with van der Waals surface area (Å²) in [5, 5.41) is 0. The number of hydrogen-bond donors (Lipinski definition) is 1. The second-order valence-corrected chi connectivity index (χ2v) is 7.04. The maximum absolute atomic E-state index is 12.4. The van der Waals surface area contributed by atoms with Crippen LogP contribution in [0, 0.1) is 0 Å². The average Bonchev–Trinajstić information content (AvgIpc) is 2.27. The first-order chi connectivity index (χ1) is 8.21. The van der Waals surface area contributed by atoms with Crippen molar-refractivity contribution in [3.05, 3.63) is 29.6 Å². The second kappa shape index (κ2) is 5.95. The van der Waals surface area contributed by atoms with Crippen LogP contribution in [-0.2, 0) is 11.4 Å². The lowest BCUT2D eigenvalue weighted by atomic mass is 10.2. The summed E-state index contributed by atoms with van der Waals surface area (Å²) in [4.78, 5) is 3.96. The van der Waals surface area contributed by atoms with Gasteiger partial charge in [-0.3, -0.25) is 4.98 Å². The van der Waals surface area contributed by atoms with E-state index in [-0.39, 0.29) is 16.4 Å². The van der Waals surface area contributed by atoms with Crippen molar-refractivity contribution in [2.24, 2.45) is 0 Å². The van der Waals surface area contributed by atoms with Crippen LogP contribution in [-0.4, -0.2) is 14.3 Å². The molecule has 1 aromatic rings. The van der Waals surface area contributed by atoms with Crippen LogP contribution in [0.25, 0.3) is 0 Å². The van der Waals surface area contributed by atoms with E-state index in [4.69, 9.17) is 0 Å². The SMILES string of the molecule is C[C@@H](N[S@@+]([O-])C(C)(C)C)c1ccc(C(F)F)cn1. The van der Waals surface area contributed by atoms with Crippen LogP contribution in [0.5, 0.6) is 0 Å². The molecule has 102 valence electrons. The Bertz CT molecular complexity index is 379. The highest BCUT2D eigenvalue weighted by Crippen LogP contribution is 2.21. The summed E-state index contributed by atoms with van der Waals surface area (Å²) in [7, 11) is 0. The molecule has 0 saturated heterocycles. The maximum atomic E-state index is 12.4. The number of aromatic nitrogens is 1. The molecule has 1 aromatic heterocycles. The molecule has 0 aliphatic rings. The fraction of sp³-hybridized carbons (Fsp3) is 0.583. The summed E-state index contributed by atoms with van der Waals surface area (Å²) in [6, 6.07) is 2.61. The maximum Gasteiger partial charge on any atom is 0.265 e. The third-order valence-electron chi connectivity index (χ3n) is 2.34. The molecule has 6 heteroatoms. The number of halogens is 2. The van der Waals surface area contributed by atoms with Gasteiger partial charge in [-0.1, -0.05) is 0 Å². The van der Waals surface area contributed by atoms with Gasteiger partial charge in [0.15, 0.2) is 0 Å². The molecule has 0 radical (unpaired) electrons. The number of nitrogens with zero attached hydrogens (tertiary/aromatic N) is 1. The van der Waals surface area contributed by atoms with Gasteiger partial charge in [-0.15, -0.1) is 4.72 Å². The van der Waals surface area contributed by atoms with E-state index in [2.05, 4.69) is 9.71 Å². The molecule has 1 heterocycles. The van der Waals surface area contributed by atoms with Gasteiger partial charge in [0.25, 0.3) is 6.43 Å². The minimum absolute atomic E-state index is 0.108. The van der Waals surface area contributed by atoms with Crippen molar-refractivity contribution in [2.75, 3.05) is 0 Å². The third-order valence-corrected chi connectivity index (χ3v) is 4.02. The molecule has 2 atom stereocenters. The van der Waals surface area contributed by atoms with Gasteiger partial charge in [-0.25, -0.2) is 8.78 Å². The van der Waals surface area contributed by atoms with E-state index in [0.29, 0.717) is 5.69 Å². The van der Waals surface area contributed by atoms with Crippen molar-refractivity contribution in [1.82, 2.24) is 9.71 Å². The third kappa shape index (κ3) is 4.19. The largest absolute Gasteiger partial charge is 0.598 e. The van der Waals surface area contributed by atoms with Gasteiger partial charge in [0, 0.05) is 23.1 Å². The van der Waals surface area contributed by atoms with Gasteiger partial charge in [-0.2, -0.15) is 0 Å². The van der Waals surface area contributed by atoms with E-state index < -0.39 is 17.8 Å². The number of pyridine rings is 1. The molecule has 0 saturated carbocycles.